The van der Waals surface area contributed by atoms with Gasteiger partial charge in [0.15, 0.2) is 5.82 Å². The van der Waals surface area contributed by atoms with Gasteiger partial charge in [0.25, 0.3) is 0 Å². The first kappa shape index (κ1) is 17.8. The number of benzene rings is 2. The van der Waals surface area contributed by atoms with Crippen molar-refractivity contribution in [2.75, 3.05) is 36.4 Å². The van der Waals surface area contributed by atoms with E-state index in [4.69, 9.17) is 0 Å². The highest BCUT2D eigenvalue weighted by molar-refractivity contribution is 5.73. The van der Waals surface area contributed by atoms with Gasteiger partial charge >= 0.3 is 6.18 Å². The van der Waals surface area contributed by atoms with Gasteiger partial charge in [-0.15, -0.1) is 0 Å². The van der Waals surface area contributed by atoms with E-state index in [0.717, 1.165) is 45.1 Å². The highest BCUT2D eigenvalue weighted by Gasteiger charge is 2.39. The molecule has 0 saturated carbocycles. The Balaban J connectivity index is 1.56. The lowest BCUT2D eigenvalue weighted by atomic mass is 9.80. The molecule has 2 atom stereocenters. The maximum atomic E-state index is 14.5. The molecule has 0 bridgehead atoms. The van der Waals surface area contributed by atoms with Crippen LogP contribution in [0.3, 0.4) is 0 Å². The van der Waals surface area contributed by atoms with Gasteiger partial charge in [-0.25, -0.2) is 4.39 Å². The summed E-state index contributed by atoms with van der Waals surface area (Å²) in [6.07, 6.45) is -2.73. The molecular formula is C21H21F4N3. The largest absolute Gasteiger partial charge is 0.419 e. The molecule has 3 aliphatic heterocycles. The Hall–Kier alpha value is -2.28. The molecule has 3 aliphatic rings. The van der Waals surface area contributed by atoms with Crippen LogP contribution in [0.25, 0.3) is 0 Å². The Morgan fingerprint density at radius 3 is 2.82 bits per heavy atom. The minimum atomic E-state index is -4.72. The van der Waals surface area contributed by atoms with E-state index < -0.39 is 17.6 Å². The molecule has 5 rings (SSSR count). The maximum absolute atomic E-state index is 14.5. The quantitative estimate of drug-likeness (QED) is 0.730. The summed E-state index contributed by atoms with van der Waals surface area (Å²) in [5.74, 6) is -0.321. The first-order chi connectivity index (χ1) is 13.4. The Morgan fingerprint density at radius 1 is 1.14 bits per heavy atom. The fourth-order valence-electron chi connectivity index (χ4n) is 4.98. The standard InChI is InChI=1S/C21H21F4N3/c22-19-17(21(23,24)25)4-1-5-18(19)27-14-7-12-3-2-6-28-11-13-9-26-10-16(13)15(8-14)20(12)28/h1,4-5,7-8,13,16,26-27H,2-3,6,9-11H2/t13?,16-/m1/s1. The summed E-state index contributed by atoms with van der Waals surface area (Å²) in [4.78, 5) is 2.44. The van der Waals surface area contributed by atoms with Gasteiger partial charge in [0, 0.05) is 43.5 Å². The van der Waals surface area contributed by atoms with Gasteiger partial charge in [0.1, 0.15) is 0 Å². The van der Waals surface area contributed by atoms with Crippen molar-refractivity contribution in [3.05, 3.63) is 52.8 Å². The van der Waals surface area contributed by atoms with Gasteiger partial charge in [-0.2, -0.15) is 13.2 Å². The molecule has 1 unspecified atom stereocenters. The number of alkyl halides is 3. The predicted octanol–water partition coefficient (Wildman–Crippen LogP) is 4.66. The Morgan fingerprint density at radius 2 is 2.00 bits per heavy atom. The number of hydrogen-bond donors (Lipinski definition) is 2. The molecule has 0 aromatic heterocycles. The van der Waals surface area contributed by atoms with E-state index in [9.17, 15) is 17.6 Å². The van der Waals surface area contributed by atoms with E-state index in [0.29, 0.717) is 17.5 Å². The van der Waals surface area contributed by atoms with Crippen LogP contribution in [0, 0.1) is 11.7 Å². The van der Waals surface area contributed by atoms with Crippen LogP contribution in [-0.2, 0) is 12.6 Å². The number of halogens is 4. The molecule has 0 amide bonds. The van der Waals surface area contributed by atoms with Gasteiger partial charge in [-0.3, -0.25) is 0 Å². The molecule has 2 aromatic rings. The number of nitrogens with one attached hydrogen (secondary N) is 2. The average molecular weight is 391 g/mol. The molecule has 7 heteroatoms. The van der Waals surface area contributed by atoms with Crippen LogP contribution in [0.4, 0.5) is 34.6 Å². The lowest BCUT2D eigenvalue weighted by Crippen LogP contribution is -2.41. The number of fused-ring (bicyclic) bond motifs is 2. The number of anilines is 3. The van der Waals surface area contributed by atoms with Crippen LogP contribution in [0.5, 0.6) is 0 Å². The summed E-state index contributed by atoms with van der Waals surface area (Å²) < 4.78 is 53.5. The lowest BCUT2D eigenvalue weighted by molar-refractivity contribution is -0.139. The Labute approximate surface area is 160 Å². The molecule has 1 fully saturated rings. The molecule has 0 spiro atoms. The molecule has 2 aromatic carbocycles. The van der Waals surface area contributed by atoms with Crippen LogP contribution in [-0.4, -0.2) is 26.2 Å². The summed E-state index contributed by atoms with van der Waals surface area (Å²) in [5, 5.41) is 6.37. The predicted molar refractivity (Wildman–Crippen MR) is 101 cm³/mol. The number of rotatable bonds is 2. The van der Waals surface area contributed by atoms with Gasteiger partial charge in [0.2, 0.25) is 0 Å². The summed E-state index contributed by atoms with van der Waals surface area (Å²) in [6, 6.07) is 7.31. The number of aryl methyl sites for hydroxylation is 1. The van der Waals surface area contributed by atoms with Gasteiger partial charge in [0.05, 0.1) is 11.3 Å². The van der Waals surface area contributed by atoms with Crippen LogP contribution in [0.2, 0.25) is 0 Å². The van der Waals surface area contributed by atoms with E-state index >= 15 is 0 Å². The van der Waals surface area contributed by atoms with E-state index in [2.05, 4.69) is 15.5 Å². The van der Waals surface area contributed by atoms with E-state index in [1.165, 1.54) is 28.9 Å². The van der Waals surface area contributed by atoms with Crippen LogP contribution in [0.15, 0.2) is 30.3 Å². The lowest BCUT2D eigenvalue weighted by Gasteiger charge is -2.42. The molecule has 3 heterocycles. The van der Waals surface area contributed by atoms with Crippen molar-refractivity contribution in [3.63, 3.8) is 0 Å². The molecular weight excluding hydrogens is 370 g/mol. The van der Waals surface area contributed by atoms with Crippen molar-refractivity contribution >= 4 is 17.1 Å². The molecule has 1 saturated heterocycles. The first-order valence-corrected chi connectivity index (χ1v) is 9.67. The van der Waals surface area contributed by atoms with Crippen molar-refractivity contribution in [1.29, 1.82) is 0 Å². The number of hydrogen-bond acceptors (Lipinski definition) is 3. The summed E-state index contributed by atoms with van der Waals surface area (Å²) in [5.41, 5.74) is 2.97. The highest BCUT2D eigenvalue weighted by atomic mass is 19.4. The molecule has 148 valence electrons. The minimum absolute atomic E-state index is 0.147. The van der Waals surface area contributed by atoms with Gasteiger partial charge < -0.3 is 15.5 Å². The Bertz CT molecular complexity index is 925. The third kappa shape index (κ3) is 2.83. The van der Waals surface area contributed by atoms with Crippen molar-refractivity contribution in [1.82, 2.24) is 5.32 Å². The fourth-order valence-corrected chi connectivity index (χ4v) is 4.98. The zero-order chi connectivity index (χ0) is 19.5. The summed E-state index contributed by atoms with van der Waals surface area (Å²) >= 11 is 0. The maximum Gasteiger partial charge on any atom is 0.419 e. The molecule has 0 aliphatic carbocycles. The zero-order valence-electron chi connectivity index (χ0n) is 15.2. The first-order valence-electron chi connectivity index (χ1n) is 9.67. The Kier molecular flexibility index (Phi) is 4.05. The van der Waals surface area contributed by atoms with E-state index in [1.54, 1.807) is 0 Å². The highest BCUT2D eigenvalue weighted by Crippen LogP contribution is 2.46. The van der Waals surface area contributed by atoms with E-state index in [-0.39, 0.29) is 5.69 Å². The van der Waals surface area contributed by atoms with E-state index in [1.807, 2.05) is 12.1 Å². The van der Waals surface area contributed by atoms with Crippen LogP contribution < -0.4 is 15.5 Å². The molecule has 3 nitrogen and oxygen atoms in total. The van der Waals surface area contributed by atoms with Crippen LogP contribution in [0.1, 0.15) is 29.0 Å². The van der Waals surface area contributed by atoms with Gasteiger partial charge in [-0.1, -0.05) is 6.07 Å². The zero-order valence-corrected chi connectivity index (χ0v) is 15.2. The topological polar surface area (TPSA) is 27.3 Å². The molecule has 0 radical (unpaired) electrons. The summed E-state index contributed by atoms with van der Waals surface area (Å²) in [6.45, 7) is 3.98. The normalized spacial score (nSPS) is 23.4. The second-order valence-corrected chi connectivity index (χ2v) is 7.94. The average Bonchev–Trinajstić information content (AvgIpc) is 3.11. The second kappa shape index (κ2) is 6.37. The monoisotopic (exact) mass is 391 g/mol. The van der Waals surface area contributed by atoms with Crippen LogP contribution >= 0.6 is 0 Å². The minimum Gasteiger partial charge on any atom is -0.371 e. The number of nitrogens with zero attached hydrogens (tertiary/aromatic N) is 1. The molecule has 2 N–H and O–H groups in total. The third-order valence-corrected chi connectivity index (χ3v) is 6.19. The van der Waals surface area contributed by atoms with Crippen molar-refractivity contribution < 1.29 is 17.6 Å². The van der Waals surface area contributed by atoms with Gasteiger partial charge in [-0.05, 0) is 54.2 Å². The van der Waals surface area contributed by atoms with Crippen molar-refractivity contribution in [2.45, 2.75) is 24.9 Å². The fraction of sp³-hybridized carbons (Fsp3) is 0.429. The third-order valence-electron chi connectivity index (χ3n) is 6.19. The smallest absolute Gasteiger partial charge is 0.371 e. The molecule has 28 heavy (non-hydrogen) atoms. The SMILES string of the molecule is Fc1c(Nc2cc3c4c(c2)[C@@H]2CNCC2CN4CCC3)cccc1C(F)(F)F. The van der Waals surface area contributed by atoms with Crippen molar-refractivity contribution in [2.24, 2.45) is 5.92 Å². The second-order valence-electron chi connectivity index (χ2n) is 7.94. The summed E-state index contributed by atoms with van der Waals surface area (Å²) in [7, 11) is 0. The van der Waals surface area contributed by atoms with Crippen molar-refractivity contribution in [3.8, 4) is 0 Å².